The van der Waals surface area contributed by atoms with Gasteiger partial charge in [-0.2, -0.15) is 4.98 Å². The van der Waals surface area contributed by atoms with E-state index in [1.54, 1.807) is 12.1 Å². The summed E-state index contributed by atoms with van der Waals surface area (Å²) in [4.78, 5) is 4.55. The Kier molecular flexibility index (Phi) is 4.09. The number of hydrogen-bond donors (Lipinski definition) is 0. The molecule has 0 bridgehead atoms. The van der Waals surface area contributed by atoms with Crippen molar-refractivity contribution in [2.45, 2.75) is 57.9 Å². The fourth-order valence-corrected chi connectivity index (χ4v) is 3.43. The van der Waals surface area contributed by atoms with Gasteiger partial charge in [0.1, 0.15) is 5.82 Å². The monoisotopic (exact) mass is 355 g/mol. The predicted molar refractivity (Wildman–Crippen MR) is 93.3 cm³/mol. The van der Waals surface area contributed by atoms with E-state index in [0.29, 0.717) is 18.1 Å². The summed E-state index contributed by atoms with van der Waals surface area (Å²) in [5.41, 5.74) is 3.12. The van der Waals surface area contributed by atoms with Crippen LogP contribution < -0.4 is 0 Å². The molecule has 0 N–H and O–H groups in total. The summed E-state index contributed by atoms with van der Waals surface area (Å²) in [6, 6.07) is 6.36. The normalized spacial score (nSPS) is 17.3. The molecule has 1 aliphatic rings. The maximum Gasteiger partial charge on any atom is 0.230 e. The Hall–Kier alpha value is -2.57. The zero-order chi connectivity index (χ0) is 18.3. The van der Waals surface area contributed by atoms with Gasteiger partial charge in [-0.1, -0.05) is 22.5 Å². The lowest BCUT2D eigenvalue weighted by Crippen LogP contribution is -2.27. The van der Waals surface area contributed by atoms with E-state index in [2.05, 4.69) is 41.2 Å². The molecule has 0 fully saturated rings. The van der Waals surface area contributed by atoms with Crippen molar-refractivity contribution in [3.8, 4) is 0 Å². The summed E-state index contributed by atoms with van der Waals surface area (Å²) < 4.78 is 20.5. The quantitative estimate of drug-likeness (QED) is 0.720. The van der Waals surface area contributed by atoms with E-state index in [1.165, 1.54) is 17.8 Å². The standard InChI is InChI=1S/C19H22FN5O/c1-19(2,3)25-16-9-6-13(11-15(16)22-24-25)18-21-17(23-26-18)10-12-4-7-14(20)8-5-12/h4-5,7-8,13H,6,9-11H2,1-3H3. The van der Waals surface area contributed by atoms with Crippen molar-refractivity contribution < 1.29 is 8.91 Å². The molecule has 0 amide bonds. The van der Waals surface area contributed by atoms with Crippen LogP contribution in [0.5, 0.6) is 0 Å². The minimum atomic E-state index is -0.246. The minimum absolute atomic E-state index is 0.0692. The molecule has 4 rings (SSSR count). The Morgan fingerprint density at radius 1 is 1.23 bits per heavy atom. The topological polar surface area (TPSA) is 69.6 Å². The van der Waals surface area contributed by atoms with Crippen molar-refractivity contribution >= 4 is 0 Å². The molecule has 0 radical (unpaired) electrons. The van der Waals surface area contributed by atoms with Crippen LogP contribution in [0.15, 0.2) is 28.8 Å². The molecule has 1 aliphatic carbocycles. The van der Waals surface area contributed by atoms with E-state index in [-0.39, 0.29) is 17.3 Å². The van der Waals surface area contributed by atoms with Gasteiger partial charge in [-0.3, -0.25) is 0 Å². The Labute approximate surface area is 151 Å². The zero-order valence-electron chi connectivity index (χ0n) is 15.2. The molecule has 2 heterocycles. The molecular weight excluding hydrogens is 333 g/mol. The predicted octanol–water partition coefficient (Wildman–Crippen LogP) is 3.42. The van der Waals surface area contributed by atoms with Gasteiger partial charge in [0.2, 0.25) is 5.89 Å². The highest BCUT2D eigenvalue weighted by atomic mass is 19.1. The van der Waals surface area contributed by atoms with Crippen LogP contribution in [0.3, 0.4) is 0 Å². The average molecular weight is 355 g/mol. The third-order valence-electron chi connectivity index (χ3n) is 4.76. The lowest BCUT2D eigenvalue weighted by Gasteiger charge is -2.24. The summed E-state index contributed by atoms with van der Waals surface area (Å²) >= 11 is 0. The molecule has 26 heavy (non-hydrogen) atoms. The van der Waals surface area contributed by atoms with Crippen molar-refractivity contribution in [1.29, 1.82) is 0 Å². The number of fused-ring (bicyclic) bond motifs is 1. The molecule has 0 saturated carbocycles. The first-order valence-corrected chi connectivity index (χ1v) is 8.91. The number of hydrogen-bond acceptors (Lipinski definition) is 5. The second kappa shape index (κ2) is 6.30. The highest BCUT2D eigenvalue weighted by Crippen LogP contribution is 2.32. The fourth-order valence-electron chi connectivity index (χ4n) is 3.43. The number of rotatable bonds is 3. The molecule has 7 heteroatoms. The van der Waals surface area contributed by atoms with Gasteiger partial charge in [0, 0.05) is 18.8 Å². The summed E-state index contributed by atoms with van der Waals surface area (Å²) in [6.07, 6.45) is 3.14. The van der Waals surface area contributed by atoms with E-state index < -0.39 is 0 Å². The second-order valence-electron chi connectivity index (χ2n) is 7.86. The molecule has 2 aromatic heterocycles. The largest absolute Gasteiger partial charge is 0.339 e. The van der Waals surface area contributed by atoms with E-state index in [0.717, 1.165) is 30.5 Å². The van der Waals surface area contributed by atoms with Crippen molar-refractivity contribution in [2.75, 3.05) is 0 Å². The number of halogens is 1. The van der Waals surface area contributed by atoms with Crippen molar-refractivity contribution in [3.05, 3.63) is 58.7 Å². The Morgan fingerprint density at radius 2 is 2.00 bits per heavy atom. The maximum atomic E-state index is 13.0. The molecule has 6 nitrogen and oxygen atoms in total. The second-order valence-corrected chi connectivity index (χ2v) is 7.86. The lowest BCUT2D eigenvalue weighted by atomic mass is 9.89. The Bertz CT molecular complexity index is 907. The highest BCUT2D eigenvalue weighted by molar-refractivity contribution is 5.21. The van der Waals surface area contributed by atoms with Gasteiger partial charge in [0.05, 0.1) is 16.9 Å². The molecule has 3 aromatic rings. The molecule has 136 valence electrons. The number of benzene rings is 1. The first-order chi connectivity index (χ1) is 12.4. The summed E-state index contributed by atoms with van der Waals surface area (Å²) in [6.45, 7) is 6.40. The maximum absolute atomic E-state index is 13.0. The molecule has 0 saturated heterocycles. The molecule has 0 spiro atoms. The first kappa shape index (κ1) is 16.9. The smallest absolute Gasteiger partial charge is 0.230 e. The van der Waals surface area contributed by atoms with Gasteiger partial charge < -0.3 is 4.52 Å². The Morgan fingerprint density at radius 3 is 2.73 bits per heavy atom. The van der Waals surface area contributed by atoms with Crippen molar-refractivity contribution in [2.24, 2.45) is 0 Å². The van der Waals surface area contributed by atoms with Crippen LogP contribution in [0.25, 0.3) is 0 Å². The lowest BCUT2D eigenvalue weighted by molar-refractivity contribution is 0.319. The van der Waals surface area contributed by atoms with E-state index in [1.807, 2.05) is 4.68 Å². The fraction of sp³-hybridized carbons (Fsp3) is 0.474. The van der Waals surface area contributed by atoms with Crippen LogP contribution in [0.2, 0.25) is 0 Å². The molecule has 1 aromatic carbocycles. The molecular formula is C19H22FN5O. The average Bonchev–Trinajstić information content (AvgIpc) is 3.22. The van der Waals surface area contributed by atoms with Gasteiger partial charge in [-0.15, -0.1) is 5.10 Å². The molecule has 0 aliphatic heterocycles. The summed E-state index contributed by atoms with van der Waals surface area (Å²) in [7, 11) is 0. The summed E-state index contributed by atoms with van der Waals surface area (Å²) in [5, 5.41) is 12.8. The molecule has 1 unspecified atom stereocenters. The van der Waals surface area contributed by atoms with Crippen molar-refractivity contribution in [1.82, 2.24) is 25.1 Å². The van der Waals surface area contributed by atoms with Crippen LogP contribution in [0.1, 0.15) is 61.8 Å². The van der Waals surface area contributed by atoms with Crippen LogP contribution in [0, 0.1) is 5.82 Å². The van der Waals surface area contributed by atoms with Gasteiger partial charge in [-0.05, 0) is 51.3 Å². The number of nitrogens with zero attached hydrogens (tertiary/aromatic N) is 5. The number of aromatic nitrogens is 5. The van der Waals surface area contributed by atoms with Gasteiger partial charge in [0.25, 0.3) is 0 Å². The van der Waals surface area contributed by atoms with Crippen LogP contribution in [0.4, 0.5) is 4.39 Å². The third kappa shape index (κ3) is 3.25. The third-order valence-corrected chi connectivity index (χ3v) is 4.76. The van der Waals surface area contributed by atoms with E-state index >= 15 is 0 Å². The SMILES string of the molecule is CC(C)(C)n1nnc2c1CCC(c1nc(Cc3ccc(F)cc3)no1)C2. The van der Waals surface area contributed by atoms with Crippen molar-refractivity contribution in [3.63, 3.8) is 0 Å². The van der Waals surface area contributed by atoms with Gasteiger partial charge >= 0.3 is 0 Å². The van der Waals surface area contributed by atoms with E-state index in [9.17, 15) is 4.39 Å². The highest BCUT2D eigenvalue weighted by Gasteiger charge is 2.31. The van der Waals surface area contributed by atoms with Gasteiger partial charge in [0.15, 0.2) is 5.82 Å². The first-order valence-electron chi connectivity index (χ1n) is 8.91. The van der Waals surface area contributed by atoms with Gasteiger partial charge in [-0.25, -0.2) is 9.07 Å². The van der Waals surface area contributed by atoms with Crippen LogP contribution >= 0.6 is 0 Å². The van der Waals surface area contributed by atoms with Crippen LogP contribution in [-0.2, 0) is 24.8 Å². The van der Waals surface area contributed by atoms with Crippen LogP contribution in [-0.4, -0.2) is 25.1 Å². The Balaban J connectivity index is 1.49. The molecule has 1 atom stereocenters. The minimum Gasteiger partial charge on any atom is -0.339 e. The van der Waals surface area contributed by atoms with E-state index in [4.69, 9.17) is 4.52 Å². The zero-order valence-corrected chi connectivity index (χ0v) is 15.2. The summed E-state index contributed by atoms with van der Waals surface area (Å²) in [5.74, 6) is 1.19.